The highest BCUT2D eigenvalue weighted by Gasteiger charge is 2.19. The maximum Gasteiger partial charge on any atom is 0.252 e. The van der Waals surface area contributed by atoms with Gasteiger partial charge in [0, 0.05) is 47.9 Å². The number of aromatic nitrogens is 1. The molecule has 0 aliphatic rings. The summed E-state index contributed by atoms with van der Waals surface area (Å²) in [5.74, 6) is -0.0776. The molecule has 0 saturated carbocycles. The van der Waals surface area contributed by atoms with Crippen molar-refractivity contribution in [1.29, 1.82) is 5.41 Å². The molecule has 34 heavy (non-hydrogen) atoms. The van der Waals surface area contributed by atoms with Crippen LogP contribution < -0.4 is 15.0 Å². The van der Waals surface area contributed by atoms with Crippen LogP contribution in [0.5, 0.6) is 5.75 Å². The maximum atomic E-state index is 13.0. The molecule has 0 aliphatic carbocycles. The summed E-state index contributed by atoms with van der Waals surface area (Å²) in [7, 11) is 1.54. The van der Waals surface area contributed by atoms with Crippen molar-refractivity contribution in [3.8, 4) is 5.75 Å². The van der Waals surface area contributed by atoms with E-state index in [0.717, 1.165) is 17.7 Å². The van der Waals surface area contributed by atoms with Crippen molar-refractivity contribution in [2.45, 2.75) is 26.7 Å². The predicted molar refractivity (Wildman–Crippen MR) is 134 cm³/mol. The van der Waals surface area contributed by atoms with Crippen molar-refractivity contribution < 1.29 is 14.3 Å². The van der Waals surface area contributed by atoms with Crippen molar-refractivity contribution >= 4 is 23.2 Å². The van der Waals surface area contributed by atoms with E-state index in [2.05, 4.69) is 17.2 Å². The van der Waals surface area contributed by atoms with Gasteiger partial charge in [-0.05, 0) is 60.9 Å². The molecule has 0 aliphatic heterocycles. The van der Waals surface area contributed by atoms with E-state index in [9.17, 15) is 9.59 Å². The zero-order valence-corrected chi connectivity index (χ0v) is 19.8. The quantitative estimate of drug-likeness (QED) is 0.448. The van der Waals surface area contributed by atoms with Crippen LogP contribution in [0.25, 0.3) is 0 Å². The predicted octanol–water partition coefficient (Wildman–Crippen LogP) is 4.05. The largest absolute Gasteiger partial charge is 0.497 e. The summed E-state index contributed by atoms with van der Waals surface area (Å²) in [5, 5.41) is 11.3. The lowest BCUT2D eigenvalue weighted by Gasteiger charge is -2.22. The molecule has 1 heterocycles. The topological polar surface area (TPSA) is 95.4 Å². The number of nitrogens with zero attached hydrogens (tertiary/aromatic N) is 2. The van der Waals surface area contributed by atoms with Crippen LogP contribution in [0.2, 0.25) is 0 Å². The van der Waals surface area contributed by atoms with E-state index in [1.165, 1.54) is 12.7 Å². The van der Waals surface area contributed by atoms with E-state index < -0.39 is 5.91 Å². The number of nitrogens with one attached hydrogen (secondary N) is 2. The Labute approximate surface area is 200 Å². The minimum atomic E-state index is -0.417. The highest BCUT2D eigenvalue weighted by atomic mass is 16.5. The van der Waals surface area contributed by atoms with Gasteiger partial charge in [-0.3, -0.25) is 14.6 Å². The second-order valence-corrected chi connectivity index (χ2v) is 7.77. The third-order valence-electron chi connectivity index (χ3n) is 5.57. The zero-order chi connectivity index (χ0) is 24.5. The monoisotopic (exact) mass is 458 g/mol. The summed E-state index contributed by atoms with van der Waals surface area (Å²) in [6.07, 6.45) is 4.61. The van der Waals surface area contributed by atoms with Gasteiger partial charge in [-0.1, -0.05) is 25.1 Å². The van der Waals surface area contributed by atoms with E-state index in [0.29, 0.717) is 29.8 Å². The number of methoxy groups -OCH3 is 1. The first kappa shape index (κ1) is 24.6. The highest BCUT2D eigenvalue weighted by molar-refractivity contribution is 6.10. The number of ether oxygens (including phenoxy) is 1. The van der Waals surface area contributed by atoms with Gasteiger partial charge < -0.3 is 20.4 Å². The van der Waals surface area contributed by atoms with E-state index in [1.807, 2.05) is 43.3 Å². The first-order valence-electron chi connectivity index (χ1n) is 11.3. The molecule has 2 N–H and O–H groups in total. The van der Waals surface area contributed by atoms with Crippen LogP contribution in [-0.2, 0) is 17.6 Å². The first-order valence-corrected chi connectivity index (χ1v) is 11.3. The fourth-order valence-electron chi connectivity index (χ4n) is 3.66. The number of carbonyl (C=O) groups excluding carboxylic acids is 2. The number of carbonyl (C=O) groups is 2. The van der Waals surface area contributed by atoms with Crippen molar-refractivity contribution in [1.82, 2.24) is 10.3 Å². The van der Waals surface area contributed by atoms with Gasteiger partial charge in [0.25, 0.3) is 5.91 Å². The van der Waals surface area contributed by atoms with Crippen molar-refractivity contribution in [3.05, 3.63) is 89.2 Å². The molecule has 7 heteroatoms. The number of hydrogen-bond acceptors (Lipinski definition) is 5. The standard InChI is InChI=1S/C27H30N4O3/c1-4-19-8-10-21(11-9-19)31(5-2)26(32)18-30-27(33)23-13-12-22(34-3)16-24(23)25(28)15-20-7-6-14-29-17-20/h6-14,16-17,28H,4-5,15,18H2,1-3H3,(H,30,33). The Kier molecular flexibility index (Phi) is 8.51. The normalized spacial score (nSPS) is 10.4. The second kappa shape index (κ2) is 11.7. The van der Waals surface area contributed by atoms with Gasteiger partial charge in [-0.15, -0.1) is 0 Å². The lowest BCUT2D eigenvalue weighted by atomic mass is 9.97. The van der Waals surface area contributed by atoms with Crippen LogP contribution in [0.3, 0.4) is 0 Å². The third-order valence-corrected chi connectivity index (χ3v) is 5.57. The molecule has 2 aromatic carbocycles. The molecule has 3 aromatic rings. The van der Waals surface area contributed by atoms with Crippen LogP contribution in [0.15, 0.2) is 67.0 Å². The molecule has 1 aromatic heterocycles. The Bertz CT molecular complexity index is 1140. The molecule has 0 saturated heterocycles. The van der Waals surface area contributed by atoms with Crippen LogP contribution in [-0.4, -0.2) is 42.7 Å². The Morgan fingerprint density at radius 3 is 2.41 bits per heavy atom. The van der Waals surface area contributed by atoms with Gasteiger partial charge in [0.05, 0.1) is 13.7 Å². The van der Waals surface area contributed by atoms with E-state index in [1.54, 1.807) is 35.5 Å². The molecule has 2 amide bonds. The average Bonchev–Trinajstić information content (AvgIpc) is 2.88. The molecule has 0 fully saturated rings. The fourth-order valence-corrected chi connectivity index (χ4v) is 3.66. The van der Waals surface area contributed by atoms with Crippen LogP contribution in [0.1, 0.15) is 40.9 Å². The van der Waals surface area contributed by atoms with E-state index in [-0.39, 0.29) is 18.2 Å². The Balaban J connectivity index is 1.74. The molecule has 3 rings (SSSR count). The van der Waals surface area contributed by atoms with Gasteiger partial charge >= 0.3 is 0 Å². The summed E-state index contributed by atoms with van der Waals surface area (Å²) in [6, 6.07) is 16.5. The van der Waals surface area contributed by atoms with Gasteiger partial charge in [0.15, 0.2) is 0 Å². The van der Waals surface area contributed by atoms with Gasteiger partial charge in [-0.25, -0.2) is 0 Å². The number of benzene rings is 2. The van der Waals surface area contributed by atoms with Crippen molar-refractivity contribution in [3.63, 3.8) is 0 Å². The van der Waals surface area contributed by atoms with E-state index in [4.69, 9.17) is 10.1 Å². The minimum absolute atomic E-state index is 0.149. The third kappa shape index (κ3) is 6.07. The Morgan fingerprint density at radius 1 is 1.03 bits per heavy atom. The molecule has 176 valence electrons. The molecular formula is C27H30N4O3. The lowest BCUT2D eigenvalue weighted by molar-refractivity contribution is -0.117. The molecule has 0 spiro atoms. The molecule has 0 radical (unpaired) electrons. The number of likely N-dealkylation sites (N-methyl/N-ethyl adjacent to an activating group) is 1. The van der Waals surface area contributed by atoms with E-state index >= 15 is 0 Å². The average molecular weight is 459 g/mol. The number of amides is 2. The Hall–Kier alpha value is -4.00. The highest BCUT2D eigenvalue weighted by Crippen LogP contribution is 2.20. The van der Waals surface area contributed by atoms with Crippen LogP contribution in [0, 0.1) is 5.41 Å². The maximum absolute atomic E-state index is 13.0. The van der Waals surface area contributed by atoms with Gasteiger partial charge in [-0.2, -0.15) is 0 Å². The lowest BCUT2D eigenvalue weighted by Crippen LogP contribution is -2.40. The number of aryl methyl sites for hydroxylation is 1. The van der Waals surface area contributed by atoms with Gasteiger partial charge in [0.2, 0.25) is 5.91 Å². The summed E-state index contributed by atoms with van der Waals surface area (Å²) in [5.41, 5.74) is 3.89. The summed E-state index contributed by atoms with van der Waals surface area (Å²) >= 11 is 0. The molecule has 0 bridgehead atoms. The molecule has 0 atom stereocenters. The van der Waals surface area contributed by atoms with Crippen LogP contribution in [0.4, 0.5) is 5.69 Å². The number of anilines is 1. The Morgan fingerprint density at radius 2 is 1.79 bits per heavy atom. The van der Waals surface area contributed by atoms with Gasteiger partial charge in [0.1, 0.15) is 5.75 Å². The number of hydrogen-bond donors (Lipinski definition) is 2. The summed E-state index contributed by atoms with van der Waals surface area (Å²) in [6.45, 7) is 4.32. The summed E-state index contributed by atoms with van der Waals surface area (Å²) < 4.78 is 5.30. The number of pyridine rings is 1. The SMILES string of the molecule is CCc1ccc(N(CC)C(=O)CNC(=O)c2ccc(OC)cc2C(=N)Cc2cccnc2)cc1. The smallest absolute Gasteiger partial charge is 0.252 e. The molecule has 7 nitrogen and oxygen atoms in total. The van der Waals surface area contributed by atoms with Crippen molar-refractivity contribution in [2.75, 3.05) is 25.1 Å². The summed E-state index contributed by atoms with van der Waals surface area (Å²) in [4.78, 5) is 31.6. The molecular weight excluding hydrogens is 428 g/mol. The van der Waals surface area contributed by atoms with Crippen molar-refractivity contribution in [2.24, 2.45) is 0 Å². The second-order valence-electron chi connectivity index (χ2n) is 7.77. The number of rotatable bonds is 10. The fraction of sp³-hybridized carbons (Fsp3) is 0.259. The minimum Gasteiger partial charge on any atom is -0.497 e. The van der Waals surface area contributed by atoms with Crippen LogP contribution >= 0.6 is 0 Å². The first-order chi connectivity index (χ1) is 16.5. The molecule has 0 unspecified atom stereocenters. The zero-order valence-electron chi connectivity index (χ0n) is 19.8.